The fraction of sp³-hybridized carbons (Fsp3) is 0.500. The van der Waals surface area contributed by atoms with Crippen LogP contribution in [-0.4, -0.2) is 48.1 Å². The largest absolute Gasteiger partial charge is 0.495 e. The molecule has 0 spiro atoms. The maximum Gasteiger partial charge on any atom is 0.308 e. The number of piperidine rings is 1. The summed E-state index contributed by atoms with van der Waals surface area (Å²) in [6.07, 6.45) is 1.35. The van der Waals surface area contributed by atoms with Crippen molar-refractivity contribution in [2.45, 2.75) is 25.8 Å². The predicted molar refractivity (Wildman–Crippen MR) is 83.0 cm³/mol. The van der Waals surface area contributed by atoms with Gasteiger partial charge in [-0.3, -0.25) is 9.59 Å². The second-order valence-corrected chi connectivity index (χ2v) is 5.47. The summed E-state index contributed by atoms with van der Waals surface area (Å²) in [4.78, 5) is 25.3. The molecule has 1 fully saturated rings. The zero-order chi connectivity index (χ0) is 16.1. The summed E-state index contributed by atoms with van der Waals surface area (Å²) >= 11 is 0. The van der Waals surface area contributed by atoms with E-state index >= 15 is 0 Å². The zero-order valence-corrected chi connectivity index (χ0v) is 12.9. The van der Waals surface area contributed by atoms with Gasteiger partial charge in [0.15, 0.2) is 0 Å². The number of hydrogen-bond donors (Lipinski definition) is 2. The molecule has 1 aromatic carbocycles. The lowest BCUT2D eigenvalue weighted by atomic mass is 9.90. The van der Waals surface area contributed by atoms with E-state index in [1.54, 1.807) is 18.9 Å². The predicted octanol–water partition coefficient (Wildman–Crippen LogP) is 1.82. The summed E-state index contributed by atoms with van der Waals surface area (Å²) in [6, 6.07) is 7.09. The van der Waals surface area contributed by atoms with Gasteiger partial charge in [-0.15, -0.1) is 0 Å². The van der Waals surface area contributed by atoms with Crippen LogP contribution in [0.15, 0.2) is 24.3 Å². The number of hydrogen-bond acceptors (Lipinski definition) is 4. The van der Waals surface area contributed by atoms with Crippen molar-refractivity contribution in [2.24, 2.45) is 5.92 Å². The molecule has 0 radical (unpaired) electrons. The van der Waals surface area contributed by atoms with Gasteiger partial charge >= 0.3 is 5.97 Å². The highest BCUT2D eigenvalue weighted by Crippen LogP contribution is 2.25. The van der Waals surface area contributed by atoms with Crippen molar-refractivity contribution in [3.63, 3.8) is 0 Å². The van der Waals surface area contributed by atoms with Gasteiger partial charge in [0.25, 0.3) is 0 Å². The third-order valence-electron chi connectivity index (χ3n) is 4.16. The van der Waals surface area contributed by atoms with Crippen molar-refractivity contribution in [1.82, 2.24) is 4.90 Å². The van der Waals surface area contributed by atoms with Gasteiger partial charge in [0.1, 0.15) is 5.75 Å². The molecule has 1 heterocycles. The molecule has 1 aromatic rings. The lowest BCUT2D eigenvalue weighted by Crippen LogP contribution is -2.50. The van der Waals surface area contributed by atoms with Crippen LogP contribution >= 0.6 is 0 Å². The number of anilines is 1. The number of carboxylic acids is 1. The smallest absolute Gasteiger partial charge is 0.308 e. The minimum atomic E-state index is -0.831. The first-order valence-corrected chi connectivity index (χ1v) is 7.43. The lowest BCUT2D eigenvalue weighted by molar-refractivity contribution is -0.148. The van der Waals surface area contributed by atoms with Gasteiger partial charge < -0.3 is 20.1 Å². The van der Waals surface area contributed by atoms with Crippen LogP contribution in [0.5, 0.6) is 5.75 Å². The highest BCUT2D eigenvalue weighted by molar-refractivity contribution is 5.83. The van der Waals surface area contributed by atoms with E-state index in [1.807, 2.05) is 24.3 Å². The van der Waals surface area contributed by atoms with Crippen LogP contribution < -0.4 is 10.1 Å². The van der Waals surface area contributed by atoms with Crippen LogP contribution in [0.25, 0.3) is 0 Å². The van der Waals surface area contributed by atoms with Gasteiger partial charge in [0, 0.05) is 12.6 Å². The maximum atomic E-state index is 12.4. The Balaban J connectivity index is 1.98. The summed E-state index contributed by atoms with van der Waals surface area (Å²) in [5, 5.41) is 12.3. The Kier molecular flexibility index (Phi) is 5.25. The number of methoxy groups -OCH3 is 1. The molecule has 0 bridgehead atoms. The van der Waals surface area contributed by atoms with Crippen molar-refractivity contribution < 1.29 is 19.4 Å². The number of carbonyl (C=O) groups excluding carboxylic acids is 1. The van der Waals surface area contributed by atoms with Crippen molar-refractivity contribution in [1.29, 1.82) is 0 Å². The number of nitrogens with one attached hydrogen (secondary N) is 1. The molecule has 2 atom stereocenters. The molecule has 6 nitrogen and oxygen atoms in total. The molecule has 1 aliphatic rings. The molecule has 22 heavy (non-hydrogen) atoms. The number of aliphatic carboxylic acids is 1. The summed E-state index contributed by atoms with van der Waals surface area (Å²) in [5.74, 6) is -0.735. The number of nitrogens with zero attached hydrogens (tertiary/aromatic N) is 1. The monoisotopic (exact) mass is 306 g/mol. The fourth-order valence-corrected chi connectivity index (χ4v) is 2.89. The summed E-state index contributed by atoms with van der Waals surface area (Å²) in [5.41, 5.74) is 0.748. The average molecular weight is 306 g/mol. The van der Waals surface area contributed by atoms with Gasteiger partial charge in [-0.05, 0) is 31.9 Å². The number of carboxylic acid groups (broad SMARTS) is 1. The molecular weight excluding hydrogens is 284 g/mol. The standard InChI is InChI=1S/C16H22N2O4/c1-11-12(16(20)21)6-5-9-18(11)15(19)10-17-13-7-3-4-8-14(13)22-2/h3-4,7-8,11-12,17H,5-6,9-10H2,1-2H3,(H,20,21)/t11-,12-/m0/s1. The SMILES string of the molecule is COc1ccccc1NCC(=O)N1CCC[C@H](C(=O)O)[C@@H]1C. The second-order valence-electron chi connectivity index (χ2n) is 5.47. The number of amides is 1. The molecule has 2 rings (SSSR count). The molecule has 0 aliphatic carbocycles. The Labute approximate surface area is 130 Å². The molecule has 120 valence electrons. The van der Waals surface area contributed by atoms with E-state index in [-0.39, 0.29) is 18.5 Å². The molecule has 0 saturated carbocycles. The minimum Gasteiger partial charge on any atom is -0.495 e. The van der Waals surface area contributed by atoms with E-state index in [0.29, 0.717) is 18.7 Å². The normalized spacial score (nSPS) is 21.3. The van der Waals surface area contributed by atoms with Gasteiger partial charge in [0.05, 0.1) is 25.3 Å². The van der Waals surface area contributed by atoms with E-state index in [1.165, 1.54) is 0 Å². The van der Waals surface area contributed by atoms with Crippen LogP contribution in [0.3, 0.4) is 0 Å². The van der Waals surface area contributed by atoms with Crippen LogP contribution in [0.4, 0.5) is 5.69 Å². The van der Waals surface area contributed by atoms with Crippen LogP contribution in [0.1, 0.15) is 19.8 Å². The van der Waals surface area contributed by atoms with Gasteiger partial charge in [0.2, 0.25) is 5.91 Å². The van der Waals surface area contributed by atoms with Gasteiger partial charge in [-0.1, -0.05) is 12.1 Å². The number of carbonyl (C=O) groups is 2. The van der Waals surface area contributed by atoms with Crippen LogP contribution in [0, 0.1) is 5.92 Å². The molecule has 0 unspecified atom stereocenters. The van der Waals surface area contributed by atoms with Crippen molar-refractivity contribution in [3.05, 3.63) is 24.3 Å². The van der Waals surface area contributed by atoms with E-state index in [2.05, 4.69) is 5.32 Å². The minimum absolute atomic E-state index is 0.0932. The third kappa shape index (κ3) is 3.50. The number of likely N-dealkylation sites (tertiary alicyclic amines) is 1. The first-order valence-electron chi connectivity index (χ1n) is 7.43. The maximum absolute atomic E-state index is 12.4. The summed E-state index contributed by atoms with van der Waals surface area (Å²) in [7, 11) is 1.58. The number of ether oxygens (including phenoxy) is 1. The number of para-hydroxylation sites is 2. The first-order chi connectivity index (χ1) is 10.5. The quantitative estimate of drug-likeness (QED) is 0.867. The van der Waals surface area contributed by atoms with Crippen molar-refractivity contribution in [2.75, 3.05) is 25.5 Å². The average Bonchev–Trinajstić information content (AvgIpc) is 2.52. The van der Waals surface area contributed by atoms with Crippen molar-refractivity contribution >= 4 is 17.6 Å². The molecule has 6 heteroatoms. The second kappa shape index (κ2) is 7.15. The van der Waals surface area contributed by atoms with Gasteiger partial charge in [-0.25, -0.2) is 0 Å². The Morgan fingerprint density at radius 2 is 2.14 bits per heavy atom. The molecule has 2 N–H and O–H groups in total. The molecule has 1 aliphatic heterocycles. The van der Waals surface area contributed by atoms with E-state index in [0.717, 1.165) is 12.1 Å². The highest BCUT2D eigenvalue weighted by atomic mass is 16.5. The van der Waals surface area contributed by atoms with Crippen LogP contribution in [0.2, 0.25) is 0 Å². The van der Waals surface area contributed by atoms with E-state index in [4.69, 9.17) is 4.74 Å². The van der Waals surface area contributed by atoms with E-state index < -0.39 is 11.9 Å². The van der Waals surface area contributed by atoms with Gasteiger partial charge in [-0.2, -0.15) is 0 Å². The summed E-state index contributed by atoms with van der Waals surface area (Å²) < 4.78 is 5.23. The number of rotatable bonds is 5. The Bertz CT molecular complexity index is 547. The highest BCUT2D eigenvalue weighted by Gasteiger charge is 2.35. The third-order valence-corrected chi connectivity index (χ3v) is 4.16. The first kappa shape index (κ1) is 16.1. The zero-order valence-electron chi connectivity index (χ0n) is 12.9. The Morgan fingerprint density at radius 3 is 2.82 bits per heavy atom. The molecule has 0 aromatic heterocycles. The molecule has 1 saturated heterocycles. The Hall–Kier alpha value is -2.24. The Morgan fingerprint density at radius 1 is 1.41 bits per heavy atom. The van der Waals surface area contributed by atoms with E-state index in [9.17, 15) is 14.7 Å². The van der Waals surface area contributed by atoms with Crippen LogP contribution in [-0.2, 0) is 9.59 Å². The fourth-order valence-electron chi connectivity index (χ4n) is 2.89. The lowest BCUT2D eigenvalue weighted by Gasteiger charge is -2.37. The molecule has 1 amide bonds. The topological polar surface area (TPSA) is 78.9 Å². The molecular formula is C16H22N2O4. The van der Waals surface area contributed by atoms with Crippen molar-refractivity contribution in [3.8, 4) is 5.75 Å². The number of benzene rings is 1. The summed E-state index contributed by atoms with van der Waals surface area (Å²) in [6.45, 7) is 2.54.